The van der Waals surface area contributed by atoms with Gasteiger partial charge in [0.05, 0.1) is 0 Å². The van der Waals surface area contributed by atoms with Crippen molar-refractivity contribution in [1.82, 2.24) is 9.80 Å². The molecule has 0 radical (unpaired) electrons. The van der Waals surface area contributed by atoms with Crippen molar-refractivity contribution < 1.29 is 9.47 Å². The molecule has 0 atom stereocenters. The largest absolute Gasteiger partial charge is 0.492 e. The van der Waals surface area contributed by atoms with Gasteiger partial charge >= 0.3 is 0 Å². The van der Waals surface area contributed by atoms with Crippen molar-refractivity contribution in [3.8, 4) is 11.5 Å². The molecule has 0 N–H and O–H groups in total. The van der Waals surface area contributed by atoms with E-state index < -0.39 is 0 Å². The molecule has 0 saturated heterocycles. The van der Waals surface area contributed by atoms with E-state index >= 15 is 0 Å². The first-order chi connectivity index (χ1) is 20.6. The van der Waals surface area contributed by atoms with E-state index in [0.717, 1.165) is 50.6 Å². The zero-order chi connectivity index (χ0) is 30.4. The Morgan fingerprint density at radius 3 is 1.02 bits per heavy atom. The van der Waals surface area contributed by atoms with E-state index in [1.54, 1.807) is 0 Å². The Bertz CT molecular complexity index is 872. The molecular weight excluding hydrogens is 516 g/mol. The summed E-state index contributed by atoms with van der Waals surface area (Å²) in [5.74, 6) is 1.92. The molecule has 2 rings (SSSR count). The van der Waals surface area contributed by atoms with Crippen LogP contribution in [0.3, 0.4) is 0 Å². The highest BCUT2D eigenvalue weighted by Gasteiger charge is 2.11. The van der Waals surface area contributed by atoms with Crippen molar-refractivity contribution in [3.05, 3.63) is 59.7 Å². The summed E-state index contributed by atoms with van der Waals surface area (Å²) >= 11 is 0. The Morgan fingerprint density at radius 2 is 0.762 bits per heavy atom. The van der Waals surface area contributed by atoms with Gasteiger partial charge in [-0.2, -0.15) is 0 Å². The number of rotatable bonds is 24. The zero-order valence-corrected chi connectivity index (χ0v) is 28.1. The number of unbranched alkanes of at least 4 members (excludes halogenated alkanes) is 4. The molecular formula is C38H62N2O2. The summed E-state index contributed by atoms with van der Waals surface area (Å²) in [6.07, 6.45) is 12.0. The van der Waals surface area contributed by atoms with Crippen LogP contribution >= 0.6 is 0 Å². The maximum atomic E-state index is 6.16. The second kappa shape index (κ2) is 22.3. The summed E-state index contributed by atoms with van der Waals surface area (Å²) in [6.45, 7) is 21.8. The summed E-state index contributed by atoms with van der Waals surface area (Å²) in [7, 11) is 0. The Balaban J connectivity index is 1.99. The zero-order valence-electron chi connectivity index (χ0n) is 28.1. The molecule has 0 saturated carbocycles. The molecule has 0 amide bonds. The van der Waals surface area contributed by atoms with Gasteiger partial charge in [0.15, 0.2) is 0 Å². The lowest BCUT2D eigenvalue weighted by Gasteiger charge is -2.22. The van der Waals surface area contributed by atoms with Gasteiger partial charge in [0.2, 0.25) is 0 Å². The Morgan fingerprint density at radius 1 is 0.452 bits per heavy atom. The van der Waals surface area contributed by atoms with E-state index in [-0.39, 0.29) is 0 Å². The van der Waals surface area contributed by atoms with Crippen molar-refractivity contribution in [2.45, 2.75) is 106 Å². The molecule has 42 heavy (non-hydrogen) atoms. The fourth-order valence-electron chi connectivity index (χ4n) is 5.47. The van der Waals surface area contributed by atoms with Gasteiger partial charge in [-0.3, -0.25) is 9.80 Å². The van der Waals surface area contributed by atoms with Crippen LogP contribution in [0.2, 0.25) is 0 Å². The third-order valence-corrected chi connectivity index (χ3v) is 8.14. The van der Waals surface area contributed by atoms with E-state index in [0.29, 0.717) is 0 Å². The van der Waals surface area contributed by atoms with Gasteiger partial charge in [-0.25, -0.2) is 0 Å². The molecule has 0 fully saturated rings. The molecule has 2 aromatic rings. The SMILES string of the molecule is CCCCN(CCCC)CCOc1ccc(C(CC)=C(CC)c2ccc(OCCN(CCCC)CCCC)cc2)cc1. The highest BCUT2D eigenvalue weighted by molar-refractivity contribution is 5.90. The minimum atomic E-state index is 0.743. The first-order valence-corrected chi connectivity index (χ1v) is 17.2. The lowest BCUT2D eigenvalue weighted by molar-refractivity contribution is 0.204. The summed E-state index contributed by atoms with van der Waals surface area (Å²) in [4.78, 5) is 5.11. The third-order valence-electron chi connectivity index (χ3n) is 8.14. The number of nitrogens with zero attached hydrogens (tertiary/aromatic N) is 2. The number of allylic oxidation sites excluding steroid dienone is 2. The smallest absolute Gasteiger partial charge is 0.119 e. The summed E-state index contributed by atoms with van der Waals surface area (Å²) < 4.78 is 12.3. The first kappa shape index (κ1) is 35.9. The fourth-order valence-corrected chi connectivity index (χ4v) is 5.47. The van der Waals surface area contributed by atoms with Gasteiger partial charge in [-0.15, -0.1) is 0 Å². The molecule has 0 spiro atoms. The maximum absolute atomic E-state index is 6.16. The van der Waals surface area contributed by atoms with Crippen LogP contribution in [0.4, 0.5) is 0 Å². The quantitative estimate of drug-likeness (QED) is 0.116. The van der Waals surface area contributed by atoms with E-state index in [4.69, 9.17) is 9.47 Å². The number of hydrogen-bond acceptors (Lipinski definition) is 4. The van der Waals surface area contributed by atoms with Crippen molar-refractivity contribution in [2.24, 2.45) is 0 Å². The summed E-state index contributed by atoms with van der Waals surface area (Å²) in [5, 5.41) is 0. The Labute approximate surface area is 259 Å². The highest BCUT2D eigenvalue weighted by atomic mass is 16.5. The normalized spacial score (nSPS) is 12.2. The van der Waals surface area contributed by atoms with Gasteiger partial charge in [0, 0.05) is 13.1 Å². The third kappa shape index (κ3) is 13.3. The van der Waals surface area contributed by atoms with Crippen molar-refractivity contribution >= 4 is 11.1 Å². The molecule has 2 aromatic carbocycles. The van der Waals surface area contributed by atoms with Gasteiger partial charge in [0.1, 0.15) is 24.7 Å². The van der Waals surface area contributed by atoms with Crippen molar-refractivity contribution in [2.75, 3.05) is 52.5 Å². The second-order valence-corrected chi connectivity index (χ2v) is 11.5. The van der Waals surface area contributed by atoms with Gasteiger partial charge in [-0.1, -0.05) is 91.5 Å². The predicted molar refractivity (Wildman–Crippen MR) is 184 cm³/mol. The Kier molecular flexibility index (Phi) is 19.0. The van der Waals surface area contributed by atoms with E-state index in [1.807, 2.05) is 0 Å². The molecule has 236 valence electrons. The first-order valence-electron chi connectivity index (χ1n) is 17.2. The number of ether oxygens (including phenoxy) is 2. The van der Waals surface area contributed by atoms with Gasteiger partial charge < -0.3 is 9.47 Å². The number of benzene rings is 2. The number of hydrogen-bond donors (Lipinski definition) is 0. The summed E-state index contributed by atoms with van der Waals surface area (Å²) in [5.41, 5.74) is 5.39. The van der Waals surface area contributed by atoms with Crippen molar-refractivity contribution in [3.63, 3.8) is 0 Å². The molecule has 0 bridgehead atoms. The van der Waals surface area contributed by atoms with Gasteiger partial charge in [0.25, 0.3) is 0 Å². The topological polar surface area (TPSA) is 24.9 Å². The van der Waals surface area contributed by atoms with E-state index in [1.165, 1.54) is 99.8 Å². The van der Waals surface area contributed by atoms with Crippen LogP contribution < -0.4 is 9.47 Å². The van der Waals surface area contributed by atoms with Crippen LogP contribution in [0.25, 0.3) is 11.1 Å². The minimum absolute atomic E-state index is 0.743. The molecule has 4 nitrogen and oxygen atoms in total. The lowest BCUT2D eigenvalue weighted by atomic mass is 9.91. The van der Waals surface area contributed by atoms with Gasteiger partial charge in [-0.05, 0) is 111 Å². The van der Waals surface area contributed by atoms with Crippen molar-refractivity contribution in [1.29, 1.82) is 0 Å². The maximum Gasteiger partial charge on any atom is 0.119 e. The molecule has 0 unspecified atom stereocenters. The minimum Gasteiger partial charge on any atom is -0.492 e. The fraction of sp³-hybridized carbons (Fsp3) is 0.632. The lowest BCUT2D eigenvalue weighted by Crippen LogP contribution is -2.30. The van der Waals surface area contributed by atoms with Crippen LogP contribution in [0.5, 0.6) is 11.5 Å². The monoisotopic (exact) mass is 578 g/mol. The van der Waals surface area contributed by atoms with Crippen LogP contribution in [-0.4, -0.2) is 62.3 Å². The summed E-state index contributed by atoms with van der Waals surface area (Å²) in [6, 6.07) is 17.5. The highest BCUT2D eigenvalue weighted by Crippen LogP contribution is 2.33. The average molecular weight is 579 g/mol. The van der Waals surface area contributed by atoms with Crippen LogP contribution in [0.1, 0.15) is 117 Å². The molecule has 4 heteroatoms. The molecule has 0 aliphatic rings. The predicted octanol–water partition coefficient (Wildman–Crippen LogP) is 9.98. The van der Waals surface area contributed by atoms with Crippen LogP contribution in [-0.2, 0) is 0 Å². The van der Waals surface area contributed by atoms with E-state index in [2.05, 4.69) is 99.9 Å². The molecule has 0 aliphatic heterocycles. The second-order valence-electron chi connectivity index (χ2n) is 11.5. The Hall–Kier alpha value is -2.30. The van der Waals surface area contributed by atoms with Crippen LogP contribution in [0.15, 0.2) is 48.5 Å². The molecule has 0 heterocycles. The van der Waals surface area contributed by atoms with E-state index in [9.17, 15) is 0 Å². The average Bonchev–Trinajstić information content (AvgIpc) is 3.02. The standard InChI is InChI=1S/C38H62N2O2/c1-7-13-25-39(26-14-8-2)29-31-41-35-21-17-33(18-22-35)37(11-5)38(12-6)34-19-23-36(24-20-34)42-32-30-40(27-15-9-3)28-16-10-4/h17-24H,7-16,25-32H2,1-6H3. The molecule has 0 aliphatic carbocycles. The van der Waals surface area contributed by atoms with Crippen LogP contribution in [0, 0.1) is 0 Å². The molecule has 0 aromatic heterocycles.